The van der Waals surface area contributed by atoms with E-state index in [0.717, 1.165) is 30.1 Å². The summed E-state index contributed by atoms with van der Waals surface area (Å²) in [6.45, 7) is 4.25. The van der Waals surface area contributed by atoms with Crippen molar-refractivity contribution >= 4 is 21.4 Å². The number of aliphatic hydroxyl groups excluding tert-OH is 1. The quantitative estimate of drug-likeness (QED) is 0.589. The Morgan fingerprint density at radius 2 is 2.03 bits per heavy atom. The summed E-state index contributed by atoms with van der Waals surface area (Å²) >= 11 is 0. The van der Waals surface area contributed by atoms with Gasteiger partial charge >= 0.3 is 0 Å². The van der Waals surface area contributed by atoms with E-state index in [9.17, 15) is 13.5 Å². The SMILES string of the molecule is CC1CN=C(C2CC=C(c3cc(Oc4cnc(S(C)(=O)=O)cn4)cc(O[C@@H](C)CO)c3)N2)O1. The number of aromatic nitrogens is 2. The maximum atomic E-state index is 11.6. The van der Waals surface area contributed by atoms with Gasteiger partial charge in [-0.3, -0.25) is 0 Å². The van der Waals surface area contributed by atoms with Gasteiger partial charge in [-0.05, 0) is 32.4 Å². The van der Waals surface area contributed by atoms with Gasteiger partial charge in [0.05, 0.1) is 25.5 Å². The lowest BCUT2D eigenvalue weighted by atomic mass is 10.1. The molecule has 1 aromatic heterocycles. The number of sulfone groups is 1. The van der Waals surface area contributed by atoms with Crippen molar-refractivity contribution in [1.29, 1.82) is 0 Å². The van der Waals surface area contributed by atoms with E-state index >= 15 is 0 Å². The Bertz CT molecular complexity index is 1180. The lowest BCUT2D eigenvalue weighted by Gasteiger charge is -2.17. The molecule has 3 heterocycles. The summed E-state index contributed by atoms with van der Waals surface area (Å²) in [6.07, 6.45) is 5.91. The summed E-state index contributed by atoms with van der Waals surface area (Å²) < 4.78 is 40.6. The minimum atomic E-state index is -3.46. The molecule has 0 saturated heterocycles. The highest BCUT2D eigenvalue weighted by Gasteiger charge is 2.28. The van der Waals surface area contributed by atoms with Gasteiger partial charge in [0.1, 0.15) is 29.7 Å². The third kappa shape index (κ3) is 5.60. The molecule has 11 heteroatoms. The second-order valence-corrected chi connectivity index (χ2v) is 9.99. The van der Waals surface area contributed by atoms with Crippen LogP contribution in [0.2, 0.25) is 0 Å². The number of aliphatic imine (C=N–C) groups is 1. The van der Waals surface area contributed by atoms with Gasteiger partial charge in [-0.1, -0.05) is 6.08 Å². The van der Waals surface area contributed by atoms with Gasteiger partial charge in [-0.2, -0.15) is 0 Å². The molecule has 2 aliphatic heterocycles. The van der Waals surface area contributed by atoms with Crippen molar-refractivity contribution in [3.63, 3.8) is 0 Å². The van der Waals surface area contributed by atoms with Crippen LogP contribution in [-0.4, -0.2) is 67.0 Å². The van der Waals surface area contributed by atoms with Gasteiger partial charge in [0.25, 0.3) is 0 Å². The molecule has 4 rings (SSSR count). The second-order valence-electron chi connectivity index (χ2n) is 8.03. The normalized spacial score (nSPS) is 21.0. The molecule has 0 fully saturated rings. The summed E-state index contributed by atoms with van der Waals surface area (Å²) in [4.78, 5) is 12.4. The number of rotatable bonds is 8. The Balaban J connectivity index is 1.57. The molecule has 2 aliphatic rings. The summed E-state index contributed by atoms with van der Waals surface area (Å²) in [5.41, 5.74) is 1.68. The smallest absolute Gasteiger partial charge is 0.237 e. The van der Waals surface area contributed by atoms with Gasteiger partial charge in [0.2, 0.25) is 11.8 Å². The van der Waals surface area contributed by atoms with E-state index < -0.39 is 15.9 Å². The Morgan fingerprint density at radius 3 is 2.67 bits per heavy atom. The summed E-state index contributed by atoms with van der Waals surface area (Å²) in [5.74, 6) is 1.75. The maximum absolute atomic E-state index is 11.6. The van der Waals surface area contributed by atoms with Crippen LogP contribution < -0.4 is 14.8 Å². The van der Waals surface area contributed by atoms with Crippen LogP contribution in [0.3, 0.4) is 0 Å². The highest BCUT2D eigenvalue weighted by Crippen LogP contribution is 2.32. The molecule has 2 unspecified atom stereocenters. The first-order valence-electron chi connectivity index (χ1n) is 10.5. The van der Waals surface area contributed by atoms with Crippen LogP contribution in [0.4, 0.5) is 0 Å². The maximum Gasteiger partial charge on any atom is 0.237 e. The largest absolute Gasteiger partial charge is 0.488 e. The van der Waals surface area contributed by atoms with E-state index in [1.165, 1.54) is 6.20 Å². The summed E-state index contributed by atoms with van der Waals surface area (Å²) in [6, 6.07) is 5.29. The van der Waals surface area contributed by atoms with Crippen LogP contribution in [0.1, 0.15) is 25.8 Å². The van der Waals surface area contributed by atoms with E-state index in [1.807, 2.05) is 19.1 Å². The first kappa shape index (κ1) is 23.0. The Hall–Kier alpha value is -3.18. The number of hydrogen-bond acceptors (Lipinski definition) is 10. The monoisotopic (exact) mass is 474 g/mol. The predicted octanol–water partition coefficient (Wildman–Crippen LogP) is 1.95. The third-order valence-corrected chi connectivity index (χ3v) is 5.97. The van der Waals surface area contributed by atoms with Crippen LogP contribution in [0.15, 0.2) is 46.7 Å². The van der Waals surface area contributed by atoms with E-state index in [-0.39, 0.29) is 29.7 Å². The van der Waals surface area contributed by atoms with E-state index in [2.05, 4.69) is 26.4 Å². The lowest BCUT2D eigenvalue weighted by molar-refractivity contribution is 0.129. The highest BCUT2D eigenvalue weighted by molar-refractivity contribution is 7.90. The number of ether oxygens (including phenoxy) is 3. The van der Waals surface area contributed by atoms with Crippen molar-refractivity contribution in [3.8, 4) is 17.4 Å². The fourth-order valence-electron chi connectivity index (χ4n) is 3.39. The van der Waals surface area contributed by atoms with Crippen molar-refractivity contribution in [2.45, 2.75) is 43.5 Å². The van der Waals surface area contributed by atoms with Crippen LogP contribution in [0.5, 0.6) is 17.4 Å². The van der Waals surface area contributed by atoms with Crippen LogP contribution >= 0.6 is 0 Å². The molecule has 0 saturated carbocycles. The van der Waals surface area contributed by atoms with Gasteiger partial charge in [0, 0.05) is 23.6 Å². The minimum Gasteiger partial charge on any atom is -0.488 e. The van der Waals surface area contributed by atoms with Crippen LogP contribution in [0, 0.1) is 0 Å². The zero-order valence-corrected chi connectivity index (χ0v) is 19.4. The van der Waals surface area contributed by atoms with E-state index in [1.54, 1.807) is 13.0 Å². The summed E-state index contributed by atoms with van der Waals surface area (Å²) in [5, 5.41) is 12.7. The third-order valence-electron chi connectivity index (χ3n) is 5.00. The van der Waals surface area contributed by atoms with E-state index in [0.29, 0.717) is 23.9 Å². The number of nitrogens with zero attached hydrogens (tertiary/aromatic N) is 3. The average Bonchev–Trinajstić information content (AvgIpc) is 3.42. The molecule has 33 heavy (non-hydrogen) atoms. The fourth-order valence-corrected chi connectivity index (χ4v) is 3.88. The van der Waals surface area contributed by atoms with Crippen LogP contribution in [-0.2, 0) is 14.6 Å². The Morgan fingerprint density at radius 1 is 1.24 bits per heavy atom. The number of nitrogens with one attached hydrogen (secondary N) is 1. The molecule has 1 aromatic carbocycles. The molecular weight excluding hydrogens is 448 g/mol. The van der Waals surface area contributed by atoms with E-state index in [4.69, 9.17) is 14.2 Å². The van der Waals surface area contributed by atoms with Crippen molar-refractivity contribution in [2.75, 3.05) is 19.4 Å². The van der Waals surface area contributed by atoms with Gasteiger partial charge < -0.3 is 24.6 Å². The Kier molecular flexibility index (Phi) is 6.52. The lowest BCUT2D eigenvalue weighted by Crippen LogP contribution is -2.32. The van der Waals surface area contributed by atoms with Gasteiger partial charge in [0.15, 0.2) is 14.9 Å². The zero-order chi connectivity index (χ0) is 23.6. The molecule has 0 radical (unpaired) electrons. The number of hydrogen-bond donors (Lipinski definition) is 2. The predicted molar refractivity (Wildman–Crippen MR) is 121 cm³/mol. The minimum absolute atomic E-state index is 0.0373. The van der Waals surface area contributed by atoms with Crippen LogP contribution in [0.25, 0.3) is 5.70 Å². The van der Waals surface area contributed by atoms with Crippen molar-refractivity contribution in [1.82, 2.24) is 15.3 Å². The molecule has 0 bridgehead atoms. The Labute approximate surface area is 192 Å². The van der Waals surface area contributed by atoms with Crippen molar-refractivity contribution in [3.05, 3.63) is 42.2 Å². The molecule has 3 atom stereocenters. The van der Waals surface area contributed by atoms with Gasteiger partial charge in [-0.25, -0.2) is 23.4 Å². The van der Waals surface area contributed by atoms with Crippen molar-refractivity contribution in [2.24, 2.45) is 4.99 Å². The zero-order valence-electron chi connectivity index (χ0n) is 18.6. The molecule has 0 amide bonds. The fraction of sp³-hybridized carbons (Fsp3) is 0.409. The van der Waals surface area contributed by atoms with Crippen molar-refractivity contribution < 1.29 is 27.7 Å². The molecule has 0 spiro atoms. The van der Waals surface area contributed by atoms with Gasteiger partial charge in [-0.15, -0.1) is 0 Å². The molecule has 2 aromatic rings. The second kappa shape index (κ2) is 9.36. The molecule has 10 nitrogen and oxygen atoms in total. The molecule has 0 aliphatic carbocycles. The molecular formula is C22H26N4O6S. The molecule has 176 valence electrons. The first-order chi connectivity index (χ1) is 15.7. The topological polar surface area (TPSA) is 132 Å². The average molecular weight is 475 g/mol. The molecule has 2 N–H and O–H groups in total. The summed E-state index contributed by atoms with van der Waals surface area (Å²) in [7, 11) is -3.46. The number of benzene rings is 1. The number of aliphatic hydroxyl groups is 1. The first-order valence-corrected chi connectivity index (χ1v) is 12.4. The standard InChI is InChI=1S/C22H26N4O6S/c1-13-9-25-22(31-13)19-5-4-18(26-19)15-6-16(30-14(2)12-27)8-17(7-15)32-20-10-24-21(11-23-20)33(3,28)29/h4,6-8,10-11,13-14,19,26-27H,5,9,12H2,1-3H3/t13?,14-,19?/m0/s1. The highest BCUT2D eigenvalue weighted by atomic mass is 32.2.